The Morgan fingerprint density at radius 3 is 2.42 bits per heavy atom. The molecule has 0 fully saturated rings. The van der Waals surface area contributed by atoms with E-state index >= 15 is 0 Å². The number of hydrogen-bond donors (Lipinski definition) is 0. The molecule has 0 amide bonds. The number of ether oxygens (including phenoxy) is 1. The van der Waals surface area contributed by atoms with E-state index in [1.807, 2.05) is 0 Å². The number of hydrogen-bond acceptors (Lipinski definition) is 4. The molecular weight excluding hydrogens is 270 g/mol. The van der Waals surface area contributed by atoms with E-state index in [2.05, 4.69) is 0 Å². The van der Waals surface area contributed by atoms with E-state index in [1.165, 1.54) is 18.2 Å². The van der Waals surface area contributed by atoms with Gasteiger partial charge in [-0.25, -0.2) is 4.79 Å². The summed E-state index contributed by atoms with van der Waals surface area (Å²) in [4.78, 5) is 22.0. The van der Waals surface area contributed by atoms with Gasteiger partial charge in [0.05, 0.1) is 10.5 Å². The number of halogens is 1. The van der Waals surface area contributed by atoms with E-state index in [-0.39, 0.29) is 16.3 Å². The molecule has 0 bridgehead atoms. The molecule has 2 aromatic carbocycles. The fourth-order valence-electron chi connectivity index (χ4n) is 1.47. The number of esters is 1. The van der Waals surface area contributed by atoms with Gasteiger partial charge in [0.1, 0.15) is 10.8 Å². The number of benzene rings is 2. The molecule has 96 valence electrons. The van der Waals surface area contributed by atoms with Crippen molar-refractivity contribution in [3.8, 4) is 5.75 Å². The largest absolute Gasteiger partial charge is 0.423 e. The van der Waals surface area contributed by atoms with Crippen LogP contribution in [-0.2, 0) is 0 Å². The molecule has 0 aromatic heterocycles. The summed E-state index contributed by atoms with van der Waals surface area (Å²) in [5, 5.41) is 10.5. The number of nitro benzene ring substituents is 1. The van der Waals surface area contributed by atoms with Gasteiger partial charge in [0.2, 0.25) is 0 Å². The molecule has 0 atom stereocenters. The minimum absolute atomic E-state index is 0.0419. The molecule has 2 rings (SSSR count). The third kappa shape index (κ3) is 2.89. The van der Waals surface area contributed by atoms with Crippen LogP contribution in [0.2, 0.25) is 5.02 Å². The van der Waals surface area contributed by atoms with E-state index < -0.39 is 10.9 Å². The van der Waals surface area contributed by atoms with Crippen LogP contribution < -0.4 is 4.74 Å². The highest BCUT2D eigenvalue weighted by molar-refractivity contribution is 6.35. The second-order valence-corrected chi connectivity index (χ2v) is 3.98. The van der Waals surface area contributed by atoms with E-state index in [0.717, 1.165) is 0 Å². The predicted molar refractivity (Wildman–Crippen MR) is 69.5 cm³/mol. The van der Waals surface area contributed by atoms with E-state index in [1.54, 1.807) is 30.3 Å². The fourth-order valence-corrected chi connectivity index (χ4v) is 1.74. The molecule has 5 nitrogen and oxygen atoms in total. The Balaban J connectivity index is 2.30. The number of nitrogens with zero attached hydrogens (tertiary/aromatic N) is 1. The molecule has 0 aliphatic carbocycles. The highest BCUT2D eigenvalue weighted by Crippen LogP contribution is 2.28. The van der Waals surface area contributed by atoms with Crippen molar-refractivity contribution < 1.29 is 14.5 Å². The second kappa shape index (κ2) is 5.49. The topological polar surface area (TPSA) is 69.4 Å². The molecule has 0 aliphatic rings. The van der Waals surface area contributed by atoms with Crippen molar-refractivity contribution >= 4 is 23.3 Å². The van der Waals surface area contributed by atoms with Crippen molar-refractivity contribution in [3.63, 3.8) is 0 Å². The van der Waals surface area contributed by atoms with Crippen molar-refractivity contribution in [2.45, 2.75) is 0 Å². The van der Waals surface area contributed by atoms with Crippen LogP contribution in [0.1, 0.15) is 10.4 Å². The minimum atomic E-state index is -0.736. The lowest BCUT2D eigenvalue weighted by Gasteiger charge is -2.05. The molecule has 0 unspecified atom stereocenters. The first-order valence-corrected chi connectivity index (χ1v) is 5.67. The average molecular weight is 278 g/mol. The Bertz CT molecular complexity index is 628. The van der Waals surface area contributed by atoms with Gasteiger partial charge in [0.15, 0.2) is 0 Å². The summed E-state index contributed by atoms with van der Waals surface area (Å²) in [6.07, 6.45) is 0. The zero-order chi connectivity index (χ0) is 13.8. The van der Waals surface area contributed by atoms with Crippen molar-refractivity contribution in [1.29, 1.82) is 0 Å². The smallest absolute Gasteiger partial charge is 0.345 e. The molecular formula is C13H8ClNO4. The normalized spacial score (nSPS) is 9.95. The molecule has 0 saturated heterocycles. The molecule has 0 saturated carbocycles. The number of carbonyl (C=O) groups is 1. The average Bonchev–Trinajstić information content (AvgIpc) is 2.39. The standard InChI is InChI=1S/C13H8ClNO4/c14-12-10(7-4-8-11(12)15(17)18)13(16)19-9-5-2-1-3-6-9/h1-8H. The monoisotopic (exact) mass is 277 g/mol. The van der Waals surface area contributed by atoms with Gasteiger partial charge >= 0.3 is 5.97 Å². The van der Waals surface area contributed by atoms with E-state index in [4.69, 9.17) is 16.3 Å². The van der Waals surface area contributed by atoms with Gasteiger partial charge in [-0.15, -0.1) is 0 Å². The Morgan fingerprint density at radius 2 is 1.79 bits per heavy atom. The van der Waals surface area contributed by atoms with Crippen LogP contribution in [0, 0.1) is 10.1 Å². The fraction of sp³-hybridized carbons (Fsp3) is 0. The molecule has 0 radical (unpaired) electrons. The van der Waals surface area contributed by atoms with E-state index in [9.17, 15) is 14.9 Å². The van der Waals surface area contributed by atoms with Crippen LogP contribution in [0.3, 0.4) is 0 Å². The Kier molecular flexibility index (Phi) is 3.77. The van der Waals surface area contributed by atoms with Crippen LogP contribution in [0.5, 0.6) is 5.75 Å². The lowest BCUT2D eigenvalue weighted by atomic mass is 10.2. The summed E-state index contributed by atoms with van der Waals surface area (Å²) in [6.45, 7) is 0. The summed E-state index contributed by atoms with van der Waals surface area (Å²) in [7, 11) is 0. The third-order valence-corrected chi connectivity index (χ3v) is 2.75. The second-order valence-electron chi connectivity index (χ2n) is 3.60. The first kappa shape index (κ1) is 13.0. The zero-order valence-corrected chi connectivity index (χ0v) is 10.3. The maximum absolute atomic E-state index is 11.9. The highest BCUT2D eigenvalue weighted by atomic mass is 35.5. The maximum atomic E-state index is 11.9. The van der Waals surface area contributed by atoms with Crippen LogP contribution in [0.25, 0.3) is 0 Å². The number of nitro groups is 1. The first-order chi connectivity index (χ1) is 9.09. The highest BCUT2D eigenvalue weighted by Gasteiger charge is 2.21. The molecule has 19 heavy (non-hydrogen) atoms. The molecule has 0 spiro atoms. The summed E-state index contributed by atoms with van der Waals surface area (Å²) in [6, 6.07) is 12.4. The van der Waals surface area contributed by atoms with Crippen LogP contribution in [0.4, 0.5) is 5.69 Å². The lowest BCUT2D eigenvalue weighted by molar-refractivity contribution is -0.384. The Labute approximate surface area is 113 Å². The zero-order valence-electron chi connectivity index (χ0n) is 9.58. The minimum Gasteiger partial charge on any atom is -0.423 e. The van der Waals surface area contributed by atoms with Crippen molar-refractivity contribution in [1.82, 2.24) is 0 Å². The quantitative estimate of drug-likeness (QED) is 0.373. The summed E-state index contributed by atoms with van der Waals surface area (Å²) in [5.74, 6) is -0.394. The van der Waals surface area contributed by atoms with Crippen LogP contribution in [-0.4, -0.2) is 10.9 Å². The van der Waals surface area contributed by atoms with Gasteiger partial charge in [-0.2, -0.15) is 0 Å². The maximum Gasteiger partial charge on any atom is 0.345 e. The van der Waals surface area contributed by atoms with Gasteiger partial charge in [-0.3, -0.25) is 10.1 Å². The molecule has 0 heterocycles. The van der Waals surface area contributed by atoms with Crippen molar-refractivity contribution in [2.75, 3.05) is 0 Å². The van der Waals surface area contributed by atoms with Gasteiger partial charge in [-0.05, 0) is 18.2 Å². The molecule has 0 N–H and O–H groups in total. The summed E-state index contributed by atoms with van der Waals surface area (Å²) in [5.41, 5.74) is -0.371. The summed E-state index contributed by atoms with van der Waals surface area (Å²) >= 11 is 5.82. The van der Waals surface area contributed by atoms with Gasteiger partial charge in [0, 0.05) is 6.07 Å². The van der Waals surface area contributed by atoms with Crippen molar-refractivity contribution in [2.24, 2.45) is 0 Å². The number of carbonyl (C=O) groups excluding carboxylic acids is 1. The number of rotatable bonds is 3. The van der Waals surface area contributed by atoms with Gasteiger partial charge in [-0.1, -0.05) is 35.9 Å². The SMILES string of the molecule is O=C(Oc1ccccc1)c1cccc([N+](=O)[O-])c1Cl. The van der Waals surface area contributed by atoms with Crippen molar-refractivity contribution in [3.05, 3.63) is 69.2 Å². The Morgan fingerprint density at radius 1 is 1.11 bits per heavy atom. The van der Waals surface area contributed by atoms with Crippen LogP contribution in [0.15, 0.2) is 48.5 Å². The molecule has 0 aliphatic heterocycles. The predicted octanol–water partition coefficient (Wildman–Crippen LogP) is 3.47. The molecule has 2 aromatic rings. The van der Waals surface area contributed by atoms with Gasteiger partial charge < -0.3 is 4.74 Å². The van der Waals surface area contributed by atoms with E-state index in [0.29, 0.717) is 5.75 Å². The van der Waals surface area contributed by atoms with Gasteiger partial charge in [0.25, 0.3) is 5.69 Å². The van der Waals surface area contributed by atoms with Crippen LogP contribution >= 0.6 is 11.6 Å². The number of para-hydroxylation sites is 1. The summed E-state index contributed by atoms with van der Waals surface area (Å²) < 4.78 is 5.07. The first-order valence-electron chi connectivity index (χ1n) is 5.29. The lowest BCUT2D eigenvalue weighted by Crippen LogP contribution is -2.09. The third-order valence-electron chi connectivity index (χ3n) is 2.35. The molecule has 6 heteroatoms. The Hall–Kier alpha value is -2.40.